The molecule has 2 heterocycles. The van der Waals surface area contributed by atoms with Crippen LogP contribution in [0.2, 0.25) is 0 Å². The van der Waals surface area contributed by atoms with Crippen LogP contribution in [-0.4, -0.2) is 19.7 Å². The van der Waals surface area contributed by atoms with Crippen molar-refractivity contribution in [2.45, 2.75) is 26.7 Å². The summed E-state index contributed by atoms with van der Waals surface area (Å²) >= 11 is 0. The van der Waals surface area contributed by atoms with Gasteiger partial charge in [0, 0.05) is 5.69 Å². The summed E-state index contributed by atoms with van der Waals surface area (Å²) in [5, 5.41) is 4.47. The van der Waals surface area contributed by atoms with Crippen LogP contribution < -0.4 is 5.73 Å². The number of rotatable bonds is 3. The van der Waals surface area contributed by atoms with Crippen LogP contribution in [0, 0.1) is 0 Å². The molecule has 0 amide bonds. The summed E-state index contributed by atoms with van der Waals surface area (Å²) < 4.78 is 1.81. The van der Waals surface area contributed by atoms with E-state index in [2.05, 4.69) is 35.0 Å². The van der Waals surface area contributed by atoms with E-state index in [1.807, 2.05) is 4.68 Å². The van der Waals surface area contributed by atoms with Gasteiger partial charge in [0.15, 0.2) is 5.82 Å². The van der Waals surface area contributed by atoms with Crippen molar-refractivity contribution in [2.24, 2.45) is 0 Å². The predicted molar refractivity (Wildman–Crippen MR) is 62.3 cm³/mol. The molecule has 0 spiro atoms. The summed E-state index contributed by atoms with van der Waals surface area (Å²) in [6.07, 6.45) is 5.01. The molecule has 0 saturated heterocycles. The highest BCUT2D eigenvalue weighted by Crippen LogP contribution is 2.12. The Labute approximate surface area is 94.3 Å². The van der Waals surface area contributed by atoms with Gasteiger partial charge in [-0.15, -0.1) is 0 Å². The fourth-order valence-corrected chi connectivity index (χ4v) is 1.57. The molecule has 0 saturated carbocycles. The highest BCUT2D eigenvalue weighted by Gasteiger charge is 2.08. The van der Waals surface area contributed by atoms with E-state index in [-0.39, 0.29) is 0 Å². The molecule has 0 radical (unpaired) electrons. The average Bonchev–Trinajstić information content (AvgIpc) is 2.72. The molecule has 0 unspecified atom stereocenters. The number of hydrogen-bond acceptors (Lipinski definition) is 4. The number of hydrogen-bond donors (Lipinski definition) is 1. The van der Waals surface area contributed by atoms with Gasteiger partial charge in [0.25, 0.3) is 0 Å². The van der Waals surface area contributed by atoms with Gasteiger partial charge >= 0.3 is 0 Å². The van der Waals surface area contributed by atoms with E-state index >= 15 is 0 Å². The minimum absolute atomic E-state index is 0.410. The molecule has 5 nitrogen and oxygen atoms in total. The summed E-state index contributed by atoms with van der Waals surface area (Å²) in [6, 6.07) is 2.09. The largest absolute Gasteiger partial charge is 0.382 e. The molecule has 0 aromatic carbocycles. The van der Waals surface area contributed by atoms with E-state index in [0.29, 0.717) is 11.6 Å². The second-order valence-electron chi connectivity index (χ2n) is 3.55. The molecule has 2 aromatic rings. The molecule has 84 valence electrons. The molecule has 0 aliphatic carbocycles. The summed E-state index contributed by atoms with van der Waals surface area (Å²) in [4.78, 5) is 8.24. The lowest BCUT2D eigenvalue weighted by Gasteiger charge is -2.04. The Morgan fingerprint density at radius 1 is 1.25 bits per heavy atom. The van der Waals surface area contributed by atoms with Crippen LogP contribution in [0.4, 0.5) is 5.82 Å². The lowest BCUT2D eigenvalue weighted by Crippen LogP contribution is -2.06. The van der Waals surface area contributed by atoms with Crippen molar-refractivity contribution >= 4 is 5.82 Å². The van der Waals surface area contributed by atoms with Crippen molar-refractivity contribution < 1.29 is 0 Å². The van der Waals surface area contributed by atoms with Crippen LogP contribution in [0.25, 0.3) is 5.82 Å². The van der Waals surface area contributed by atoms with Crippen LogP contribution in [0.15, 0.2) is 18.5 Å². The van der Waals surface area contributed by atoms with Gasteiger partial charge in [-0.1, -0.05) is 13.8 Å². The van der Waals surface area contributed by atoms with Crippen LogP contribution in [0.3, 0.4) is 0 Å². The highest BCUT2D eigenvalue weighted by molar-refractivity contribution is 5.32. The number of nitrogen functional groups attached to an aromatic ring is 1. The van der Waals surface area contributed by atoms with Gasteiger partial charge in [-0.3, -0.25) is 4.98 Å². The standard InChI is InChI=1S/C11H15N5/c1-3-8-5-9(4-2)16(15-8)11-7-13-6-10(12)14-11/h5-7H,3-4H2,1-2H3,(H2,12,14). The van der Waals surface area contributed by atoms with Crippen LogP contribution in [-0.2, 0) is 12.8 Å². The summed E-state index contributed by atoms with van der Waals surface area (Å²) in [5.74, 6) is 1.09. The van der Waals surface area contributed by atoms with Crippen LogP contribution in [0.1, 0.15) is 25.2 Å². The van der Waals surface area contributed by atoms with Gasteiger partial charge in [0.05, 0.1) is 18.1 Å². The predicted octanol–water partition coefficient (Wildman–Crippen LogP) is 1.37. The van der Waals surface area contributed by atoms with E-state index in [9.17, 15) is 0 Å². The summed E-state index contributed by atoms with van der Waals surface area (Å²) in [6.45, 7) is 4.17. The van der Waals surface area contributed by atoms with Crippen molar-refractivity contribution in [1.82, 2.24) is 19.7 Å². The first-order chi connectivity index (χ1) is 7.74. The third-order valence-electron chi connectivity index (χ3n) is 2.42. The van der Waals surface area contributed by atoms with E-state index in [4.69, 9.17) is 5.73 Å². The Kier molecular flexibility index (Phi) is 2.85. The first kappa shape index (κ1) is 10.6. The zero-order valence-electron chi connectivity index (χ0n) is 9.51. The quantitative estimate of drug-likeness (QED) is 0.843. The molecule has 16 heavy (non-hydrogen) atoms. The molecule has 2 N–H and O–H groups in total. The summed E-state index contributed by atoms with van der Waals surface area (Å²) in [7, 11) is 0. The van der Waals surface area contributed by atoms with Crippen molar-refractivity contribution in [2.75, 3.05) is 5.73 Å². The number of nitrogens with two attached hydrogens (primary N) is 1. The molecular weight excluding hydrogens is 202 g/mol. The van der Waals surface area contributed by atoms with Gasteiger partial charge in [-0.05, 0) is 18.9 Å². The molecule has 0 aliphatic rings. The van der Waals surface area contributed by atoms with Crippen molar-refractivity contribution in [3.8, 4) is 5.82 Å². The maximum absolute atomic E-state index is 5.61. The third-order valence-corrected chi connectivity index (χ3v) is 2.42. The first-order valence-corrected chi connectivity index (χ1v) is 5.40. The van der Waals surface area contributed by atoms with E-state index in [0.717, 1.165) is 24.2 Å². The molecule has 0 fully saturated rings. The SMILES string of the molecule is CCc1cc(CC)n(-c2cncc(N)n2)n1. The van der Waals surface area contributed by atoms with Gasteiger partial charge in [0.2, 0.25) is 0 Å². The Morgan fingerprint density at radius 3 is 2.69 bits per heavy atom. The molecule has 0 bridgehead atoms. The van der Waals surface area contributed by atoms with Crippen LogP contribution in [0.5, 0.6) is 0 Å². The Balaban J connectivity index is 2.50. The number of anilines is 1. The smallest absolute Gasteiger partial charge is 0.174 e. The highest BCUT2D eigenvalue weighted by atomic mass is 15.3. The van der Waals surface area contributed by atoms with Gasteiger partial charge in [0.1, 0.15) is 5.82 Å². The topological polar surface area (TPSA) is 69.6 Å². The normalized spacial score (nSPS) is 10.6. The fraction of sp³-hybridized carbons (Fsp3) is 0.364. The van der Waals surface area contributed by atoms with Crippen molar-refractivity contribution in [3.63, 3.8) is 0 Å². The second kappa shape index (κ2) is 4.30. The Morgan fingerprint density at radius 2 is 2.06 bits per heavy atom. The zero-order chi connectivity index (χ0) is 11.5. The average molecular weight is 217 g/mol. The van der Waals surface area contributed by atoms with E-state index in [1.165, 1.54) is 6.20 Å². The Hall–Kier alpha value is -1.91. The lowest BCUT2D eigenvalue weighted by molar-refractivity contribution is 0.768. The maximum Gasteiger partial charge on any atom is 0.174 e. The minimum Gasteiger partial charge on any atom is -0.382 e. The monoisotopic (exact) mass is 217 g/mol. The van der Waals surface area contributed by atoms with Crippen molar-refractivity contribution in [1.29, 1.82) is 0 Å². The van der Waals surface area contributed by atoms with Crippen molar-refractivity contribution in [3.05, 3.63) is 29.8 Å². The molecular formula is C11H15N5. The van der Waals surface area contributed by atoms with Gasteiger partial charge in [-0.25, -0.2) is 9.67 Å². The molecule has 0 atom stereocenters. The fourth-order valence-electron chi connectivity index (χ4n) is 1.57. The second-order valence-corrected chi connectivity index (χ2v) is 3.55. The molecule has 0 aliphatic heterocycles. The Bertz CT molecular complexity index is 489. The molecule has 5 heteroatoms. The van der Waals surface area contributed by atoms with Gasteiger partial charge in [-0.2, -0.15) is 5.10 Å². The lowest BCUT2D eigenvalue weighted by atomic mass is 10.3. The number of aromatic nitrogens is 4. The molecule has 2 rings (SSSR count). The van der Waals surface area contributed by atoms with Gasteiger partial charge < -0.3 is 5.73 Å². The van der Waals surface area contributed by atoms with E-state index in [1.54, 1.807) is 6.20 Å². The molecule has 2 aromatic heterocycles. The first-order valence-electron chi connectivity index (χ1n) is 5.40. The van der Waals surface area contributed by atoms with Crippen LogP contribution >= 0.6 is 0 Å². The maximum atomic E-state index is 5.61. The minimum atomic E-state index is 0.410. The number of nitrogens with zero attached hydrogens (tertiary/aromatic N) is 4. The summed E-state index contributed by atoms with van der Waals surface area (Å²) in [5.41, 5.74) is 7.79. The third kappa shape index (κ3) is 1.88. The van der Waals surface area contributed by atoms with E-state index < -0.39 is 0 Å². The number of aryl methyl sites for hydroxylation is 2. The zero-order valence-corrected chi connectivity index (χ0v) is 9.51.